The summed E-state index contributed by atoms with van der Waals surface area (Å²) in [6.45, 7) is 4.21. The first-order valence-electron chi connectivity index (χ1n) is 12.4. The Bertz CT molecular complexity index is 868. The van der Waals surface area contributed by atoms with Crippen LogP contribution in [0.3, 0.4) is 0 Å². The number of benzene rings is 1. The Hall–Kier alpha value is -2.45. The lowest BCUT2D eigenvalue weighted by Crippen LogP contribution is -2.59. The third kappa shape index (κ3) is 4.98. The van der Waals surface area contributed by atoms with Crippen molar-refractivity contribution < 1.29 is 23.9 Å². The van der Waals surface area contributed by atoms with Crippen LogP contribution >= 0.6 is 0 Å². The van der Waals surface area contributed by atoms with Gasteiger partial charge < -0.3 is 19.3 Å². The van der Waals surface area contributed by atoms with Crippen LogP contribution < -0.4 is 0 Å². The predicted molar refractivity (Wildman–Crippen MR) is 127 cm³/mol. The van der Waals surface area contributed by atoms with Crippen LogP contribution in [-0.2, 0) is 23.9 Å². The number of piperidine rings is 2. The fourth-order valence-corrected chi connectivity index (χ4v) is 6.14. The number of methoxy groups -OCH3 is 2. The van der Waals surface area contributed by atoms with Crippen molar-refractivity contribution in [2.24, 2.45) is 5.92 Å². The highest BCUT2D eigenvalue weighted by atomic mass is 16.5. The number of nitrogens with zero attached hydrogens (tertiary/aromatic N) is 3. The van der Waals surface area contributed by atoms with Crippen molar-refractivity contribution in [3.63, 3.8) is 0 Å². The van der Waals surface area contributed by atoms with Gasteiger partial charge >= 0.3 is 5.97 Å². The second-order valence-corrected chi connectivity index (χ2v) is 9.79. The molecule has 3 saturated heterocycles. The van der Waals surface area contributed by atoms with Crippen molar-refractivity contribution in [3.05, 3.63) is 35.9 Å². The van der Waals surface area contributed by atoms with Crippen LogP contribution in [-0.4, -0.2) is 98.1 Å². The van der Waals surface area contributed by atoms with Gasteiger partial charge in [0.25, 0.3) is 0 Å². The number of carbonyl (C=O) groups excluding carboxylic acids is 3. The van der Waals surface area contributed by atoms with E-state index in [1.165, 1.54) is 12.7 Å². The highest BCUT2D eigenvalue weighted by Gasteiger charge is 2.57. The molecular weight excluding hydrogens is 434 g/mol. The van der Waals surface area contributed by atoms with E-state index < -0.39 is 11.5 Å². The van der Waals surface area contributed by atoms with E-state index in [9.17, 15) is 14.4 Å². The molecule has 0 N–H and O–H groups in total. The second-order valence-electron chi connectivity index (χ2n) is 9.79. The molecule has 1 spiro atoms. The van der Waals surface area contributed by atoms with Gasteiger partial charge in [0.1, 0.15) is 0 Å². The molecule has 34 heavy (non-hydrogen) atoms. The van der Waals surface area contributed by atoms with Crippen LogP contribution in [0.15, 0.2) is 30.3 Å². The molecule has 1 aromatic carbocycles. The first kappa shape index (κ1) is 24.7. The van der Waals surface area contributed by atoms with Gasteiger partial charge in [-0.15, -0.1) is 0 Å². The molecule has 0 saturated carbocycles. The van der Waals surface area contributed by atoms with E-state index >= 15 is 0 Å². The van der Waals surface area contributed by atoms with Gasteiger partial charge in [0.2, 0.25) is 11.8 Å². The summed E-state index contributed by atoms with van der Waals surface area (Å²) in [6.07, 6.45) is 3.58. The van der Waals surface area contributed by atoms with Crippen molar-refractivity contribution in [1.82, 2.24) is 14.7 Å². The van der Waals surface area contributed by atoms with Crippen molar-refractivity contribution >= 4 is 17.8 Å². The Kier molecular flexibility index (Phi) is 7.88. The Balaban J connectivity index is 1.38. The predicted octanol–water partition coefficient (Wildman–Crippen LogP) is 1.90. The van der Waals surface area contributed by atoms with Gasteiger partial charge in [0.15, 0.2) is 0 Å². The number of rotatable bonds is 7. The van der Waals surface area contributed by atoms with E-state index in [0.29, 0.717) is 51.5 Å². The summed E-state index contributed by atoms with van der Waals surface area (Å²) in [7, 11) is 2.98. The van der Waals surface area contributed by atoms with Crippen LogP contribution in [0.25, 0.3) is 0 Å². The minimum atomic E-state index is -0.594. The van der Waals surface area contributed by atoms with E-state index in [0.717, 1.165) is 25.9 Å². The summed E-state index contributed by atoms with van der Waals surface area (Å²) < 4.78 is 10.3. The molecule has 0 aliphatic carbocycles. The molecule has 8 heteroatoms. The minimum Gasteiger partial charge on any atom is -0.469 e. The number of carbonyl (C=O) groups is 3. The molecule has 3 aliphatic rings. The molecule has 8 nitrogen and oxygen atoms in total. The van der Waals surface area contributed by atoms with Crippen molar-refractivity contribution in [3.8, 4) is 0 Å². The van der Waals surface area contributed by atoms with Gasteiger partial charge in [0, 0.05) is 39.7 Å². The van der Waals surface area contributed by atoms with Gasteiger partial charge in [-0.3, -0.25) is 19.3 Å². The van der Waals surface area contributed by atoms with Crippen LogP contribution in [0.1, 0.15) is 43.6 Å². The van der Waals surface area contributed by atoms with Crippen molar-refractivity contribution in [1.29, 1.82) is 0 Å². The minimum absolute atomic E-state index is 0.0347. The first-order chi connectivity index (χ1) is 16.5. The van der Waals surface area contributed by atoms with Crippen LogP contribution in [0.2, 0.25) is 0 Å². The van der Waals surface area contributed by atoms with Gasteiger partial charge in [-0.25, -0.2) is 0 Å². The largest absolute Gasteiger partial charge is 0.469 e. The SMILES string of the molecule is COCCN1C(=O)CC(C(=O)OC)C12CCN(C(=O)CN1CCCC(c3ccccc3)C1)CC2. The smallest absolute Gasteiger partial charge is 0.311 e. The summed E-state index contributed by atoms with van der Waals surface area (Å²) in [5.74, 6) is -0.272. The third-order valence-electron chi connectivity index (χ3n) is 7.99. The summed E-state index contributed by atoms with van der Waals surface area (Å²) >= 11 is 0. The Labute approximate surface area is 202 Å². The fraction of sp³-hybridized carbons (Fsp3) is 0.654. The average molecular weight is 472 g/mol. The molecule has 3 fully saturated rings. The standard InChI is InChI=1S/C26H37N3O5/c1-33-16-15-29-23(30)17-22(25(32)34-2)26(29)10-13-28(14-11-26)24(31)19-27-12-6-9-21(18-27)20-7-4-3-5-8-20/h3-5,7-8,21-22H,6,9-19H2,1-2H3. The normalized spacial score (nSPS) is 25.1. The summed E-state index contributed by atoms with van der Waals surface area (Å²) in [5, 5.41) is 0. The number of hydrogen-bond acceptors (Lipinski definition) is 6. The second kappa shape index (κ2) is 10.9. The molecular formula is C26H37N3O5. The molecule has 1 aromatic rings. The van der Waals surface area contributed by atoms with Gasteiger partial charge in [0.05, 0.1) is 31.7 Å². The van der Waals surface area contributed by atoms with Crippen molar-refractivity contribution in [2.75, 3.05) is 60.1 Å². The van der Waals surface area contributed by atoms with Crippen LogP contribution in [0.4, 0.5) is 0 Å². The molecule has 4 rings (SSSR count). The van der Waals surface area contributed by atoms with Crippen LogP contribution in [0.5, 0.6) is 0 Å². The number of ether oxygens (including phenoxy) is 2. The number of hydrogen-bond donors (Lipinski definition) is 0. The zero-order chi connectivity index (χ0) is 24.1. The highest BCUT2D eigenvalue weighted by Crippen LogP contribution is 2.44. The van der Waals surface area contributed by atoms with Gasteiger partial charge in [-0.05, 0) is 43.7 Å². The van der Waals surface area contributed by atoms with Crippen molar-refractivity contribution in [2.45, 2.75) is 43.6 Å². The van der Waals surface area contributed by atoms with E-state index in [-0.39, 0.29) is 24.2 Å². The monoisotopic (exact) mass is 471 g/mol. The lowest BCUT2D eigenvalue weighted by Gasteiger charge is -2.47. The Morgan fingerprint density at radius 2 is 1.82 bits per heavy atom. The molecule has 2 amide bonds. The highest BCUT2D eigenvalue weighted by molar-refractivity contribution is 5.89. The number of amides is 2. The molecule has 3 aliphatic heterocycles. The van der Waals surface area contributed by atoms with Crippen LogP contribution in [0, 0.1) is 5.92 Å². The lowest BCUT2D eigenvalue weighted by atomic mass is 9.76. The number of esters is 1. The van der Waals surface area contributed by atoms with E-state index in [1.807, 2.05) is 15.9 Å². The first-order valence-corrected chi connectivity index (χ1v) is 12.4. The zero-order valence-corrected chi connectivity index (χ0v) is 20.4. The summed E-state index contributed by atoms with van der Waals surface area (Å²) in [4.78, 5) is 44.5. The molecule has 0 aromatic heterocycles. The molecule has 2 atom stereocenters. The quantitative estimate of drug-likeness (QED) is 0.565. The van der Waals surface area contributed by atoms with E-state index in [4.69, 9.17) is 9.47 Å². The molecule has 186 valence electrons. The maximum Gasteiger partial charge on any atom is 0.311 e. The van der Waals surface area contributed by atoms with E-state index in [1.54, 1.807) is 7.11 Å². The Morgan fingerprint density at radius 3 is 2.50 bits per heavy atom. The average Bonchev–Trinajstić information content (AvgIpc) is 3.13. The molecule has 3 heterocycles. The Morgan fingerprint density at radius 1 is 1.09 bits per heavy atom. The lowest BCUT2D eigenvalue weighted by molar-refractivity contribution is -0.151. The molecule has 0 bridgehead atoms. The van der Waals surface area contributed by atoms with Gasteiger partial charge in [-0.1, -0.05) is 30.3 Å². The maximum absolute atomic E-state index is 13.2. The topological polar surface area (TPSA) is 79.4 Å². The summed E-state index contributed by atoms with van der Waals surface area (Å²) in [5.41, 5.74) is 0.749. The zero-order valence-electron chi connectivity index (χ0n) is 20.4. The molecule has 0 radical (unpaired) electrons. The molecule has 2 unspecified atom stereocenters. The van der Waals surface area contributed by atoms with Gasteiger partial charge in [-0.2, -0.15) is 0 Å². The number of likely N-dealkylation sites (tertiary alicyclic amines) is 3. The third-order valence-corrected chi connectivity index (χ3v) is 7.99. The van der Waals surface area contributed by atoms with E-state index in [2.05, 4.69) is 29.2 Å². The summed E-state index contributed by atoms with van der Waals surface area (Å²) in [6, 6.07) is 10.5. The fourth-order valence-electron chi connectivity index (χ4n) is 6.14. The maximum atomic E-state index is 13.2.